The molecule has 2 amide bonds. The van der Waals surface area contributed by atoms with Crippen LogP contribution in [0.5, 0.6) is 0 Å². The van der Waals surface area contributed by atoms with Gasteiger partial charge in [-0.3, -0.25) is 4.79 Å². The Balaban J connectivity index is 1.35. The Morgan fingerprint density at radius 2 is 1.75 bits per heavy atom. The van der Waals surface area contributed by atoms with Crippen LogP contribution < -0.4 is 10.6 Å². The molecule has 2 aromatic carbocycles. The van der Waals surface area contributed by atoms with Gasteiger partial charge in [0.05, 0.1) is 33.6 Å². The van der Waals surface area contributed by atoms with E-state index < -0.39 is 0 Å². The van der Waals surface area contributed by atoms with Crippen molar-refractivity contribution >= 4 is 46.3 Å². The van der Waals surface area contributed by atoms with Crippen LogP contribution in [0.25, 0.3) is 10.4 Å². The smallest absolute Gasteiger partial charge is 0.323 e. The summed E-state index contributed by atoms with van der Waals surface area (Å²) in [6.45, 7) is 0. The predicted octanol–water partition coefficient (Wildman–Crippen LogP) is 6.55. The highest BCUT2D eigenvalue weighted by molar-refractivity contribution is 7.15. The second kappa shape index (κ2) is 10.1. The van der Waals surface area contributed by atoms with Crippen molar-refractivity contribution in [1.29, 1.82) is 0 Å². The summed E-state index contributed by atoms with van der Waals surface area (Å²) >= 11 is 7.77. The molecule has 0 spiro atoms. The molecule has 8 heteroatoms. The summed E-state index contributed by atoms with van der Waals surface area (Å²) in [5.41, 5.74) is 2.29. The van der Waals surface area contributed by atoms with Crippen LogP contribution in [-0.4, -0.2) is 24.1 Å². The number of nitrogens with one attached hydrogen (secondary N) is 2. The zero-order chi connectivity index (χ0) is 22.5. The Hall–Kier alpha value is -2.90. The standard InChI is InChI=1S/C24H24ClN3O3S/c1-31-23(29)17-8-6-16(7-9-17)22-26-14-21(32-22)15-10-12-18(13-11-15)27-24(30)28-20-5-3-2-4-19(20)25/h2-5,10-14,16-17H,6-9H2,1H3,(H2,27,28,30). The summed E-state index contributed by atoms with van der Waals surface area (Å²) in [5.74, 6) is 0.312. The van der Waals surface area contributed by atoms with E-state index in [4.69, 9.17) is 16.3 Å². The fourth-order valence-electron chi connectivity index (χ4n) is 3.92. The van der Waals surface area contributed by atoms with Crippen molar-refractivity contribution < 1.29 is 14.3 Å². The van der Waals surface area contributed by atoms with Crippen LogP contribution in [0.3, 0.4) is 0 Å². The molecule has 6 nitrogen and oxygen atoms in total. The number of para-hydroxylation sites is 1. The Kier molecular flexibility index (Phi) is 7.07. The lowest BCUT2D eigenvalue weighted by Gasteiger charge is -2.25. The number of anilines is 2. The predicted molar refractivity (Wildman–Crippen MR) is 128 cm³/mol. The van der Waals surface area contributed by atoms with Crippen molar-refractivity contribution in [1.82, 2.24) is 4.98 Å². The van der Waals surface area contributed by atoms with E-state index in [1.165, 1.54) is 7.11 Å². The molecule has 0 atom stereocenters. The number of thiazole rings is 1. The Labute approximate surface area is 196 Å². The minimum atomic E-state index is -0.353. The van der Waals surface area contributed by atoms with E-state index in [0.717, 1.165) is 41.1 Å². The van der Waals surface area contributed by atoms with E-state index in [9.17, 15) is 9.59 Å². The number of rotatable bonds is 5. The largest absolute Gasteiger partial charge is 0.469 e. The molecule has 4 rings (SSSR count). The molecular weight excluding hydrogens is 446 g/mol. The maximum Gasteiger partial charge on any atom is 0.323 e. The molecule has 0 radical (unpaired) electrons. The molecule has 2 N–H and O–H groups in total. The SMILES string of the molecule is COC(=O)C1CCC(c2ncc(-c3ccc(NC(=O)Nc4ccccc4Cl)cc3)s2)CC1. The number of aromatic nitrogens is 1. The second-order valence-electron chi connectivity index (χ2n) is 7.77. The molecule has 0 bridgehead atoms. The Morgan fingerprint density at radius 3 is 2.44 bits per heavy atom. The maximum atomic E-state index is 12.2. The number of benzene rings is 2. The van der Waals surface area contributed by atoms with Gasteiger partial charge in [0.15, 0.2) is 0 Å². The molecule has 1 aliphatic carbocycles. The van der Waals surface area contributed by atoms with Crippen molar-refractivity contribution in [2.24, 2.45) is 5.92 Å². The molecule has 0 unspecified atom stereocenters. The third kappa shape index (κ3) is 5.29. The van der Waals surface area contributed by atoms with Crippen molar-refractivity contribution in [3.8, 4) is 10.4 Å². The van der Waals surface area contributed by atoms with Crippen LogP contribution in [0.15, 0.2) is 54.7 Å². The summed E-state index contributed by atoms with van der Waals surface area (Å²) < 4.78 is 4.87. The lowest BCUT2D eigenvalue weighted by molar-refractivity contribution is -0.146. The lowest BCUT2D eigenvalue weighted by atomic mass is 9.82. The number of hydrogen-bond acceptors (Lipinski definition) is 5. The minimum Gasteiger partial charge on any atom is -0.469 e. The number of methoxy groups -OCH3 is 1. The van der Waals surface area contributed by atoms with Crippen LogP contribution in [0.2, 0.25) is 5.02 Å². The third-order valence-corrected chi connectivity index (χ3v) is 7.22. The number of urea groups is 1. The van der Waals surface area contributed by atoms with E-state index in [0.29, 0.717) is 22.3 Å². The molecule has 1 heterocycles. The number of esters is 1. The van der Waals surface area contributed by atoms with Crippen LogP contribution in [0, 0.1) is 5.92 Å². The molecule has 3 aromatic rings. The zero-order valence-corrected chi connectivity index (χ0v) is 19.2. The molecule has 166 valence electrons. The molecule has 1 aromatic heterocycles. The van der Waals surface area contributed by atoms with E-state index in [-0.39, 0.29) is 17.9 Å². The van der Waals surface area contributed by atoms with E-state index >= 15 is 0 Å². The van der Waals surface area contributed by atoms with Gasteiger partial charge in [-0.2, -0.15) is 0 Å². The number of halogens is 1. The monoisotopic (exact) mass is 469 g/mol. The average Bonchev–Trinajstić information content (AvgIpc) is 3.31. The van der Waals surface area contributed by atoms with Crippen molar-refractivity contribution in [3.05, 3.63) is 64.8 Å². The van der Waals surface area contributed by atoms with Gasteiger partial charge in [0.2, 0.25) is 0 Å². The molecule has 0 aliphatic heterocycles. The molecule has 1 fully saturated rings. The van der Waals surface area contributed by atoms with Crippen LogP contribution in [0.1, 0.15) is 36.6 Å². The highest BCUT2D eigenvalue weighted by Gasteiger charge is 2.29. The quantitative estimate of drug-likeness (QED) is 0.415. The summed E-state index contributed by atoms with van der Waals surface area (Å²) in [5, 5.41) is 7.15. The first-order chi connectivity index (χ1) is 15.5. The Morgan fingerprint density at radius 1 is 1.03 bits per heavy atom. The van der Waals surface area contributed by atoms with Gasteiger partial charge in [0.1, 0.15) is 0 Å². The number of hydrogen-bond donors (Lipinski definition) is 2. The van der Waals surface area contributed by atoms with Crippen LogP contribution in [-0.2, 0) is 9.53 Å². The van der Waals surface area contributed by atoms with Gasteiger partial charge in [0.25, 0.3) is 0 Å². The summed E-state index contributed by atoms with van der Waals surface area (Å²) in [6, 6.07) is 14.4. The van der Waals surface area contributed by atoms with Crippen molar-refractivity contribution in [2.75, 3.05) is 17.7 Å². The van der Waals surface area contributed by atoms with E-state index in [2.05, 4.69) is 15.6 Å². The van der Waals surface area contributed by atoms with Crippen molar-refractivity contribution in [3.63, 3.8) is 0 Å². The number of nitrogens with zero attached hydrogens (tertiary/aromatic N) is 1. The molecular formula is C24H24ClN3O3S. The fraction of sp³-hybridized carbons (Fsp3) is 0.292. The first-order valence-corrected chi connectivity index (χ1v) is 11.7. The molecule has 1 saturated carbocycles. The molecule has 1 aliphatic rings. The fourth-order valence-corrected chi connectivity index (χ4v) is 5.19. The van der Waals surface area contributed by atoms with Crippen LogP contribution >= 0.6 is 22.9 Å². The molecule has 0 saturated heterocycles. The summed E-state index contributed by atoms with van der Waals surface area (Å²) in [7, 11) is 1.45. The van der Waals surface area contributed by atoms with Gasteiger partial charge in [-0.1, -0.05) is 35.9 Å². The highest BCUT2D eigenvalue weighted by Crippen LogP contribution is 2.39. The zero-order valence-electron chi connectivity index (χ0n) is 17.6. The summed E-state index contributed by atoms with van der Waals surface area (Å²) in [6.07, 6.45) is 5.51. The van der Waals surface area contributed by atoms with Crippen molar-refractivity contribution in [2.45, 2.75) is 31.6 Å². The minimum absolute atomic E-state index is 0.0193. The van der Waals surface area contributed by atoms with Gasteiger partial charge in [-0.15, -0.1) is 11.3 Å². The molecule has 32 heavy (non-hydrogen) atoms. The first-order valence-electron chi connectivity index (χ1n) is 10.5. The van der Waals surface area contributed by atoms with E-state index in [1.54, 1.807) is 23.5 Å². The van der Waals surface area contributed by atoms with Gasteiger partial charge >= 0.3 is 12.0 Å². The second-order valence-corrected chi connectivity index (χ2v) is 9.24. The number of carbonyl (C=O) groups excluding carboxylic acids is 2. The topological polar surface area (TPSA) is 80.3 Å². The Bertz CT molecular complexity index is 1090. The highest BCUT2D eigenvalue weighted by atomic mass is 35.5. The summed E-state index contributed by atoms with van der Waals surface area (Å²) in [4.78, 5) is 29.7. The normalized spacial score (nSPS) is 18.1. The van der Waals surface area contributed by atoms with Gasteiger partial charge in [-0.25, -0.2) is 9.78 Å². The van der Waals surface area contributed by atoms with Gasteiger partial charge < -0.3 is 15.4 Å². The number of carbonyl (C=O) groups is 2. The number of amides is 2. The first kappa shape index (κ1) is 22.3. The van der Waals surface area contributed by atoms with Crippen LogP contribution in [0.4, 0.5) is 16.2 Å². The van der Waals surface area contributed by atoms with Gasteiger partial charge in [0, 0.05) is 17.8 Å². The third-order valence-electron chi connectivity index (χ3n) is 5.68. The average molecular weight is 470 g/mol. The maximum absolute atomic E-state index is 12.2. The lowest BCUT2D eigenvalue weighted by Crippen LogP contribution is -2.22. The number of ether oxygens (including phenoxy) is 1. The van der Waals surface area contributed by atoms with E-state index in [1.807, 2.05) is 42.6 Å². The van der Waals surface area contributed by atoms with Gasteiger partial charge in [-0.05, 0) is 55.5 Å².